The Labute approximate surface area is 114 Å². The number of hydrogen-bond acceptors (Lipinski definition) is 2. The zero-order valence-corrected chi connectivity index (χ0v) is 13.4. The van der Waals surface area contributed by atoms with Gasteiger partial charge < -0.3 is 0 Å². The van der Waals surface area contributed by atoms with E-state index in [2.05, 4.69) is 68.2 Å². The average molecular weight is 266 g/mol. The van der Waals surface area contributed by atoms with Gasteiger partial charge in [0.05, 0.1) is 8.22 Å². The highest BCUT2D eigenvalue weighted by atomic mass is 31.1. The third-order valence-electron chi connectivity index (χ3n) is 3.33. The first-order chi connectivity index (χ1) is 8.69. The molecule has 0 bridgehead atoms. The summed E-state index contributed by atoms with van der Waals surface area (Å²) in [6.07, 6.45) is 0. The molecule has 0 radical (unpaired) electrons. The Hall–Kier alpha value is -0.430. The Morgan fingerprint density at radius 3 is 1.67 bits per heavy atom. The van der Waals surface area contributed by atoms with Crippen LogP contribution in [0, 0.1) is 6.92 Å². The van der Waals surface area contributed by atoms with Gasteiger partial charge in [0.2, 0.25) is 0 Å². The van der Waals surface area contributed by atoms with Gasteiger partial charge in [0.25, 0.3) is 0 Å². The van der Waals surface area contributed by atoms with Crippen molar-refractivity contribution < 1.29 is 0 Å². The van der Waals surface area contributed by atoms with E-state index >= 15 is 0 Å². The molecule has 102 valence electrons. The molecule has 0 heterocycles. The predicted octanol–water partition coefficient (Wildman–Crippen LogP) is 3.62. The Bertz CT molecular complexity index is 334. The maximum atomic E-state index is 2.60. The van der Waals surface area contributed by atoms with Crippen molar-refractivity contribution in [2.45, 2.75) is 34.6 Å². The van der Waals surface area contributed by atoms with E-state index in [0.29, 0.717) is 0 Å². The highest BCUT2D eigenvalue weighted by molar-refractivity contribution is 7.61. The number of rotatable bonds is 7. The van der Waals surface area contributed by atoms with Gasteiger partial charge in [-0.2, -0.15) is 0 Å². The third-order valence-corrected chi connectivity index (χ3v) is 6.46. The Morgan fingerprint density at radius 1 is 0.833 bits per heavy atom. The number of hydrogen-bond donors (Lipinski definition) is 0. The van der Waals surface area contributed by atoms with Crippen LogP contribution in [0.5, 0.6) is 0 Å². The molecule has 3 heteroatoms. The van der Waals surface area contributed by atoms with Crippen LogP contribution in [0.15, 0.2) is 24.3 Å². The van der Waals surface area contributed by atoms with Gasteiger partial charge in [-0.3, -0.25) is 9.34 Å². The lowest BCUT2D eigenvalue weighted by Gasteiger charge is -2.38. The van der Waals surface area contributed by atoms with Crippen molar-refractivity contribution in [3.05, 3.63) is 29.8 Å². The SMILES string of the molecule is CCN(CC)P(c1ccccc1C)N(CC)CC. The summed E-state index contributed by atoms with van der Waals surface area (Å²) in [4.78, 5) is 0. The van der Waals surface area contributed by atoms with Gasteiger partial charge in [-0.1, -0.05) is 52.0 Å². The number of aryl methyl sites for hydroxylation is 1. The van der Waals surface area contributed by atoms with Crippen molar-refractivity contribution in [3.8, 4) is 0 Å². The smallest absolute Gasteiger partial charge is 0.0726 e. The lowest BCUT2D eigenvalue weighted by molar-refractivity contribution is 0.430. The molecule has 1 aromatic rings. The molecule has 0 amide bonds. The molecule has 2 nitrogen and oxygen atoms in total. The van der Waals surface area contributed by atoms with Crippen molar-refractivity contribution >= 4 is 13.5 Å². The Kier molecular flexibility index (Phi) is 6.85. The van der Waals surface area contributed by atoms with Crippen molar-refractivity contribution in [3.63, 3.8) is 0 Å². The summed E-state index contributed by atoms with van der Waals surface area (Å²) in [7, 11) is -0.337. The quantitative estimate of drug-likeness (QED) is 0.696. The monoisotopic (exact) mass is 266 g/mol. The van der Waals surface area contributed by atoms with Gasteiger partial charge in [-0.05, 0) is 12.5 Å². The molecule has 0 saturated heterocycles. The van der Waals surface area contributed by atoms with Crippen molar-refractivity contribution in [1.82, 2.24) is 9.34 Å². The summed E-state index contributed by atoms with van der Waals surface area (Å²) in [5, 5.41) is 1.51. The molecule has 0 saturated carbocycles. The van der Waals surface area contributed by atoms with Crippen LogP contribution in [0.1, 0.15) is 33.3 Å². The molecule has 0 aliphatic heterocycles. The Morgan fingerprint density at radius 2 is 1.28 bits per heavy atom. The fourth-order valence-corrected chi connectivity index (χ4v) is 4.90. The molecule has 0 aromatic heterocycles. The summed E-state index contributed by atoms with van der Waals surface area (Å²) in [5.41, 5.74) is 1.42. The van der Waals surface area contributed by atoms with Crippen LogP contribution in [0.2, 0.25) is 0 Å². The molecule has 0 atom stereocenters. The van der Waals surface area contributed by atoms with E-state index < -0.39 is 0 Å². The minimum absolute atomic E-state index is 0.337. The van der Waals surface area contributed by atoms with Crippen molar-refractivity contribution in [2.75, 3.05) is 26.2 Å². The van der Waals surface area contributed by atoms with E-state index in [0.717, 1.165) is 26.2 Å². The van der Waals surface area contributed by atoms with Gasteiger partial charge >= 0.3 is 0 Å². The minimum atomic E-state index is -0.337. The molecule has 0 fully saturated rings. The summed E-state index contributed by atoms with van der Waals surface area (Å²) in [6.45, 7) is 15.8. The van der Waals surface area contributed by atoms with Gasteiger partial charge in [0, 0.05) is 31.5 Å². The first kappa shape index (κ1) is 15.6. The first-order valence-corrected chi connectivity index (χ1v) is 8.29. The summed E-state index contributed by atoms with van der Waals surface area (Å²) < 4.78 is 5.20. The maximum Gasteiger partial charge on any atom is 0.0726 e. The second-order valence-electron chi connectivity index (χ2n) is 4.35. The maximum absolute atomic E-state index is 2.60. The number of nitrogens with zero attached hydrogens (tertiary/aromatic N) is 2. The van der Waals surface area contributed by atoms with E-state index in [1.165, 1.54) is 10.9 Å². The molecule has 1 rings (SSSR count). The van der Waals surface area contributed by atoms with Crippen LogP contribution in [0.4, 0.5) is 0 Å². The van der Waals surface area contributed by atoms with Crippen LogP contribution in [-0.4, -0.2) is 35.5 Å². The summed E-state index contributed by atoms with van der Waals surface area (Å²) in [6, 6.07) is 8.84. The lowest BCUT2D eigenvalue weighted by Crippen LogP contribution is -2.34. The van der Waals surface area contributed by atoms with Crippen LogP contribution >= 0.6 is 8.22 Å². The van der Waals surface area contributed by atoms with Crippen LogP contribution < -0.4 is 5.30 Å². The standard InChI is InChI=1S/C15H27N2P/c1-6-16(7-2)18(17(8-3)9-4)15-13-11-10-12-14(15)5/h10-13H,6-9H2,1-5H3. The summed E-state index contributed by atoms with van der Waals surface area (Å²) >= 11 is 0. The van der Waals surface area contributed by atoms with Crippen molar-refractivity contribution in [1.29, 1.82) is 0 Å². The fourth-order valence-electron chi connectivity index (χ4n) is 2.25. The van der Waals surface area contributed by atoms with Gasteiger partial charge in [0.15, 0.2) is 0 Å². The Balaban J connectivity index is 3.15. The molecule has 18 heavy (non-hydrogen) atoms. The molecule has 0 N–H and O–H groups in total. The van der Waals surface area contributed by atoms with Crippen molar-refractivity contribution in [2.24, 2.45) is 0 Å². The van der Waals surface area contributed by atoms with Gasteiger partial charge in [-0.15, -0.1) is 0 Å². The third kappa shape index (κ3) is 3.54. The molecule has 0 aliphatic carbocycles. The second kappa shape index (κ2) is 7.89. The zero-order chi connectivity index (χ0) is 13.5. The zero-order valence-electron chi connectivity index (χ0n) is 12.5. The lowest BCUT2D eigenvalue weighted by atomic mass is 10.2. The van der Waals surface area contributed by atoms with Crippen LogP contribution in [-0.2, 0) is 0 Å². The van der Waals surface area contributed by atoms with E-state index in [4.69, 9.17) is 0 Å². The van der Waals surface area contributed by atoms with E-state index in [-0.39, 0.29) is 8.22 Å². The first-order valence-electron chi connectivity index (χ1n) is 7.04. The highest BCUT2D eigenvalue weighted by Crippen LogP contribution is 2.43. The molecule has 1 aromatic carbocycles. The van der Waals surface area contributed by atoms with E-state index in [1.807, 2.05) is 0 Å². The van der Waals surface area contributed by atoms with Gasteiger partial charge in [-0.25, -0.2) is 0 Å². The van der Waals surface area contributed by atoms with Gasteiger partial charge in [0.1, 0.15) is 0 Å². The molecule has 0 unspecified atom stereocenters. The topological polar surface area (TPSA) is 6.48 Å². The largest absolute Gasteiger partial charge is 0.267 e. The average Bonchev–Trinajstić information content (AvgIpc) is 2.40. The molecule has 0 aliphatic rings. The predicted molar refractivity (Wildman–Crippen MR) is 83.6 cm³/mol. The number of benzene rings is 1. The second-order valence-corrected chi connectivity index (χ2v) is 6.55. The highest BCUT2D eigenvalue weighted by Gasteiger charge is 2.24. The normalized spacial score (nSPS) is 11.8. The van der Waals surface area contributed by atoms with Crippen LogP contribution in [0.25, 0.3) is 0 Å². The molecular weight excluding hydrogens is 239 g/mol. The summed E-state index contributed by atoms with van der Waals surface area (Å²) in [5.74, 6) is 0. The molecular formula is C15H27N2P. The molecule has 0 spiro atoms. The van der Waals surface area contributed by atoms with Crippen LogP contribution in [0.3, 0.4) is 0 Å². The van der Waals surface area contributed by atoms with E-state index in [1.54, 1.807) is 0 Å². The fraction of sp³-hybridized carbons (Fsp3) is 0.600. The van der Waals surface area contributed by atoms with E-state index in [9.17, 15) is 0 Å². The minimum Gasteiger partial charge on any atom is -0.267 e.